The van der Waals surface area contributed by atoms with E-state index in [9.17, 15) is 14.3 Å². The highest BCUT2D eigenvalue weighted by Crippen LogP contribution is 2.19. The van der Waals surface area contributed by atoms with Gasteiger partial charge in [-0.1, -0.05) is 12.1 Å². The molecule has 0 saturated heterocycles. The van der Waals surface area contributed by atoms with Gasteiger partial charge in [0.05, 0.1) is 12.1 Å². The van der Waals surface area contributed by atoms with E-state index in [1.54, 1.807) is 31.9 Å². The first-order valence-electron chi connectivity index (χ1n) is 9.05. The lowest BCUT2D eigenvalue weighted by Gasteiger charge is -2.18. The lowest BCUT2D eigenvalue weighted by Crippen LogP contribution is -2.26. The van der Waals surface area contributed by atoms with Gasteiger partial charge in [0.2, 0.25) is 0 Å². The van der Waals surface area contributed by atoms with Crippen LogP contribution in [0.2, 0.25) is 0 Å². The summed E-state index contributed by atoms with van der Waals surface area (Å²) < 4.78 is 13.3. The molecule has 1 amide bonds. The Morgan fingerprint density at radius 1 is 1.15 bits per heavy atom. The van der Waals surface area contributed by atoms with Crippen molar-refractivity contribution in [2.75, 3.05) is 7.05 Å². The number of carbonyl (C=O) groups excluding carboxylic acids is 1. The fourth-order valence-electron chi connectivity index (χ4n) is 3.06. The molecule has 3 rings (SSSR count). The minimum Gasteiger partial charge on any atom is -0.390 e. The van der Waals surface area contributed by atoms with Crippen molar-refractivity contribution in [3.8, 4) is 0 Å². The van der Waals surface area contributed by atoms with Crippen LogP contribution in [0.1, 0.15) is 41.9 Å². The lowest BCUT2D eigenvalue weighted by molar-refractivity contribution is 0.0713. The van der Waals surface area contributed by atoms with Crippen LogP contribution in [0.5, 0.6) is 0 Å². The van der Waals surface area contributed by atoms with E-state index in [2.05, 4.69) is 4.98 Å². The van der Waals surface area contributed by atoms with E-state index in [1.165, 1.54) is 12.1 Å². The summed E-state index contributed by atoms with van der Waals surface area (Å²) >= 11 is 0. The molecule has 0 unspecified atom stereocenters. The fourth-order valence-corrected chi connectivity index (χ4v) is 3.06. The van der Waals surface area contributed by atoms with Gasteiger partial charge in [0.15, 0.2) is 0 Å². The monoisotopic (exact) mass is 368 g/mol. The molecule has 0 atom stereocenters. The van der Waals surface area contributed by atoms with Gasteiger partial charge < -0.3 is 15.0 Å². The van der Waals surface area contributed by atoms with E-state index in [0.29, 0.717) is 18.5 Å². The molecule has 0 spiro atoms. The number of halogens is 1. The zero-order valence-electron chi connectivity index (χ0n) is 15.9. The summed E-state index contributed by atoms with van der Waals surface area (Å²) in [6, 6.07) is 13.9. The molecule has 27 heavy (non-hydrogen) atoms. The first kappa shape index (κ1) is 19.1. The number of hydrogen-bond acceptors (Lipinski definition) is 2. The highest BCUT2D eigenvalue weighted by atomic mass is 19.1. The highest BCUT2D eigenvalue weighted by Gasteiger charge is 2.15. The Bertz CT molecular complexity index is 939. The third-order valence-corrected chi connectivity index (χ3v) is 4.62. The Labute approximate surface area is 158 Å². The predicted molar refractivity (Wildman–Crippen MR) is 105 cm³/mol. The second kappa shape index (κ2) is 7.53. The molecule has 5 heteroatoms. The zero-order chi connectivity index (χ0) is 19.6. The number of carbonyl (C=O) groups is 1. The van der Waals surface area contributed by atoms with Gasteiger partial charge in [0.1, 0.15) is 5.82 Å². The average molecular weight is 368 g/mol. The smallest absolute Gasteiger partial charge is 0.253 e. The number of amides is 1. The van der Waals surface area contributed by atoms with Crippen LogP contribution in [-0.2, 0) is 13.0 Å². The quantitative estimate of drug-likeness (QED) is 0.682. The van der Waals surface area contributed by atoms with Gasteiger partial charge in [-0.05, 0) is 68.7 Å². The van der Waals surface area contributed by atoms with E-state index in [0.717, 1.165) is 28.6 Å². The van der Waals surface area contributed by atoms with Crippen molar-refractivity contribution < 1.29 is 14.3 Å². The minimum atomic E-state index is -0.697. The highest BCUT2D eigenvalue weighted by molar-refractivity contribution is 5.94. The number of H-pyrrole nitrogens is 1. The Balaban J connectivity index is 1.65. The number of rotatable bonds is 6. The van der Waals surface area contributed by atoms with Gasteiger partial charge in [-0.15, -0.1) is 0 Å². The summed E-state index contributed by atoms with van der Waals surface area (Å²) in [5.41, 5.74) is 2.72. The molecule has 1 aromatic heterocycles. The number of aromatic nitrogens is 1. The molecule has 0 radical (unpaired) electrons. The molecule has 1 heterocycles. The van der Waals surface area contributed by atoms with Gasteiger partial charge in [0, 0.05) is 29.2 Å². The van der Waals surface area contributed by atoms with Gasteiger partial charge in [0.25, 0.3) is 5.91 Å². The van der Waals surface area contributed by atoms with Gasteiger partial charge in [-0.25, -0.2) is 4.39 Å². The van der Waals surface area contributed by atoms with E-state index < -0.39 is 5.60 Å². The molecule has 4 nitrogen and oxygen atoms in total. The second-order valence-electron chi connectivity index (χ2n) is 7.70. The van der Waals surface area contributed by atoms with Gasteiger partial charge in [-0.2, -0.15) is 0 Å². The van der Waals surface area contributed by atoms with E-state index >= 15 is 0 Å². The van der Waals surface area contributed by atoms with Crippen molar-refractivity contribution in [2.24, 2.45) is 0 Å². The van der Waals surface area contributed by atoms with Crippen LogP contribution in [0, 0.1) is 5.82 Å². The number of nitrogens with one attached hydrogen (secondary N) is 1. The summed E-state index contributed by atoms with van der Waals surface area (Å²) in [5.74, 6) is -0.351. The Kier molecular flexibility index (Phi) is 5.33. The maximum absolute atomic E-state index is 13.3. The molecule has 0 bridgehead atoms. The third kappa shape index (κ3) is 4.95. The number of aromatic amines is 1. The topological polar surface area (TPSA) is 56.3 Å². The molecule has 0 aliphatic heterocycles. The summed E-state index contributed by atoms with van der Waals surface area (Å²) in [6.45, 7) is 3.99. The zero-order valence-corrected chi connectivity index (χ0v) is 15.9. The number of hydrogen-bond donors (Lipinski definition) is 2. The molecule has 0 aliphatic carbocycles. The van der Waals surface area contributed by atoms with Crippen LogP contribution < -0.4 is 0 Å². The van der Waals surface area contributed by atoms with Crippen molar-refractivity contribution >= 4 is 16.8 Å². The predicted octanol–water partition coefficient (Wildman–Crippen LogP) is 4.28. The summed E-state index contributed by atoms with van der Waals surface area (Å²) in [6.07, 6.45) is 1.43. The minimum absolute atomic E-state index is 0.0751. The molecular weight excluding hydrogens is 343 g/mol. The van der Waals surface area contributed by atoms with Gasteiger partial charge in [-0.3, -0.25) is 4.79 Å². The summed E-state index contributed by atoms with van der Waals surface area (Å²) in [7, 11) is 1.75. The number of aryl methyl sites for hydroxylation is 1. The van der Waals surface area contributed by atoms with Crippen LogP contribution in [-0.4, -0.2) is 33.5 Å². The summed E-state index contributed by atoms with van der Waals surface area (Å²) in [5, 5.41) is 10.6. The SMILES string of the molecule is CN(Cc1cc2cc(F)ccc2[nH]1)C(=O)c1ccc(CCC(C)(C)O)cc1. The largest absolute Gasteiger partial charge is 0.390 e. The Morgan fingerprint density at radius 2 is 1.85 bits per heavy atom. The van der Waals surface area contributed by atoms with E-state index in [1.807, 2.05) is 30.3 Å². The first-order chi connectivity index (χ1) is 12.7. The number of fused-ring (bicyclic) bond motifs is 1. The van der Waals surface area contributed by atoms with Crippen molar-refractivity contribution in [2.45, 2.75) is 38.8 Å². The molecule has 142 valence electrons. The molecule has 0 saturated carbocycles. The number of benzene rings is 2. The Hall–Kier alpha value is -2.66. The second-order valence-corrected chi connectivity index (χ2v) is 7.70. The fraction of sp³-hybridized carbons (Fsp3) is 0.318. The van der Waals surface area contributed by atoms with E-state index in [-0.39, 0.29) is 11.7 Å². The number of aliphatic hydroxyl groups is 1. The van der Waals surface area contributed by atoms with Gasteiger partial charge >= 0.3 is 0 Å². The van der Waals surface area contributed by atoms with E-state index in [4.69, 9.17) is 0 Å². The average Bonchev–Trinajstić information content (AvgIpc) is 3.00. The maximum atomic E-state index is 13.3. The molecule has 2 aromatic carbocycles. The van der Waals surface area contributed by atoms with Crippen LogP contribution in [0.4, 0.5) is 4.39 Å². The van der Waals surface area contributed by atoms with Crippen molar-refractivity contribution in [1.82, 2.24) is 9.88 Å². The molecule has 0 fully saturated rings. The van der Waals surface area contributed by atoms with Crippen LogP contribution in [0.3, 0.4) is 0 Å². The molecule has 3 aromatic rings. The Morgan fingerprint density at radius 3 is 2.52 bits per heavy atom. The summed E-state index contributed by atoms with van der Waals surface area (Å²) in [4.78, 5) is 17.5. The van der Waals surface area contributed by atoms with Crippen molar-refractivity contribution in [3.63, 3.8) is 0 Å². The third-order valence-electron chi connectivity index (χ3n) is 4.62. The standard InChI is InChI=1S/C22H25FN2O2/c1-22(2,27)11-10-15-4-6-16(7-5-15)21(26)25(3)14-19-13-17-12-18(23)8-9-20(17)24-19/h4-9,12-13,24,27H,10-11,14H2,1-3H3. The van der Waals surface area contributed by atoms with Crippen molar-refractivity contribution in [3.05, 3.63) is 71.2 Å². The lowest BCUT2D eigenvalue weighted by atomic mass is 9.98. The first-order valence-corrected chi connectivity index (χ1v) is 9.05. The normalized spacial score (nSPS) is 11.7. The number of nitrogens with zero attached hydrogens (tertiary/aromatic N) is 1. The van der Waals surface area contributed by atoms with Crippen LogP contribution in [0.15, 0.2) is 48.5 Å². The molecule has 2 N–H and O–H groups in total. The van der Waals surface area contributed by atoms with Crippen LogP contribution >= 0.6 is 0 Å². The van der Waals surface area contributed by atoms with Crippen LogP contribution in [0.25, 0.3) is 10.9 Å². The van der Waals surface area contributed by atoms with Crippen molar-refractivity contribution in [1.29, 1.82) is 0 Å². The molecule has 0 aliphatic rings. The molecular formula is C22H25FN2O2. The maximum Gasteiger partial charge on any atom is 0.253 e.